The number of hydrazine groups is 1. The molecule has 2 heterocycles. The largest absolute Gasteiger partial charge is 0.378 e. The van der Waals surface area contributed by atoms with Crippen LogP contribution in [0, 0.1) is 17.0 Å². The van der Waals surface area contributed by atoms with Crippen molar-refractivity contribution in [1.29, 1.82) is 0 Å². The van der Waals surface area contributed by atoms with E-state index in [4.69, 9.17) is 10.5 Å². The van der Waals surface area contributed by atoms with E-state index >= 15 is 0 Å². The van der Waals surface area contributed by atoms with Crippen LogP contribution in [0.3, 0.4) is 0 Å². The average Bonchev–Trinajstić information content (AvgIpc) is 2.92. The lowest BCUT2D eigenvalue weighted by atomic mass is 10.1. The van der Waals surface area contributed by atoms with Crippen molar-refractivity contribution in [1.82, 2.24) is 15.0 Å². The number of aromatic nitrogens is 2. The summed E-state index contributed by atoms with van der Waals surface area (Å²) in [6.07, 6.45) is 3.76. The number of guanidine groups is 1. The number of aliphatic imine (C=N–C) groups is 1. The van der Waals surface area contributed by atoms with Gasteiger partial charge in [0.1, 0.15) is 24.7 Å². The van der Waals surface area contributed by atoms with Gasteiger partial charge in [0, 0.05) is 25.4 Å². The number of ether oxygens (including phenoxy) is 1. The van der Waals surface area contributed by atoms with Crippen LogP contribution >= 0.6 is 0 Å². The van der Waals surface area contributed by atoms with Crippen LogP contribution in [0.2, 0.25) is 0 Å². The molecule has 0 radical (unpaired) electrons. The van der Waals surface area contributed by atoms with Gasteiger partial charge in [-0.1, -0.05) is 65.2 Å². The Morgan fingerprint density at radius 2 is 1.92 bits per heavy atom. The third-order valence-corrected chi connectivity index (χ3v) is 5.70. The van der Waals surface area contributed by atoms with E-state index in [1.807, 2.05) is 67.7 Å². The molecular weight excluding hydrogens is 472 g/mol. The zero-order valence-electron chi connectivity index (χ0n) is 20.7. The minimum Gasteiger partial charge on any atom is -0.378 e. The third kappa shape index (κ3) is 7.48. The van der Waals surface area contributed by atoms with E-state index in [1.165, 1.54) is 5.56 Å². The molecule has 1 aliphatic rings. The van der Waals surface area contributed by atoms with E-state index < -0.39 is 5.03 Å². The summed E-state index contributed by atoms with van der Waals surface area (Å²) in [7, 11) is 0. The summed E-state index contributed by atoms with van der Waals surface area (Å²) in [6, 6.07) is 19.1. The Balaban J connectivity index is 1.53. The number of nitrogens with two attached hydrogens (primary N) is 1. The summed E-state index contributed by atoms with van der Waals surface area (Å²) in [5.41, 5.74) is 9.01. The van der Waals surface area contributed by atoms with E-state index in [9.17, 15) is 10.1 Å². The van der Waals surface area contributed by atoms with Crippen LogP contribution in [0.25, 0.3) is 6.08 Å². The second kappa shape index (κ2) is 12.5. The van der Waals surface area contributed by atoms with Crippen LogP contribution in [0.1, 0.15) is 22.5 Å². The summed E-state index contributed by atoms with van der Waals surface area (Å²) in [5.74, 6) is 1.48. The topological polar surface area (TPSA) is 135 Å². The highest BCUT2D eigenvalue weighted by Crippen LogP contribution is 2.18. The highest BCUT2D eigenvalue weighted by molar-refractivity contribution is 5.76. The zero-order valence-corrected chi connectivity index (χ0v) is 20.7. The fourth-order valence-electron chi connectivity index (χ4n) is 3.70. The fraction of sp³-hybridized carbons (Fsp3) is 0.269. The van der Waals surface area contributed by atoms with Gasteiger partial charge < -0.3 is 20.7 Å². The van der Waals surface area contributed by atoms with Crippen LogP contribution in [0.15, 0.2) is 71.9 Å². The molecule has 0 bridgehead atoms. The molecule has 0 atom stereocenters. The summed E-state index contributed by atoms with van der Waals surface area (Å²) in [5, 5.41) is 15.1. The van der Waals surface area contributed by atoms with Crippen molar-refractivity contribution in [3.8, 4) is 0 Å². The number of hydrogen-bond acceptors (Lipinski definition) is 8. The first-order chi connectivity index (χ1) is 18.0. The smallest absolute Gasteiger partial charge is 0.255 e. The molecule has 1 fully saturated rings. The van der Waals surface area contributed by atoms with Gasteiger partial charge in [-0.3, -0.25) is 0 Å². The predicted molar refractivity (Wildman–Crippen MR) is 143 cm³/mol. The maximum Gasteiger partial charge on any atom is 0.255 e. The average molecular weight is 503 g/mol. The number of rotatable bonds is 9. The second-order valence-electron chi connectivity index (χ2n) is 8.47. The first kappa shape index (κ1) is 25.6. The van der Waals surface area contributed by atoms with Crippen molar-refractivity contribution in [3.63, 3.8) is 0 Å². The lowest BCUT2D eigenvalue weighted by Gasteiger charge is -2.28. The molecule has 2 aromatic carbocycles. The number of anilines is 2. The van der Waals surface area contributed by atoms with Gasteiger partial charge in [0.05, 0.1) is 13.2 Å². The molecule has 37 heavy (non-hydrogen) atoms. The molecule has 0 aliphatic carbocycles. The number of morpholine rings is 1. The van der Waals surface area contributed by atoms with Gasteiger partial charge in [-0.05, 0) is 24.1 Å². The molecule has 11 nitrogen and oxygen atoms in total. The van der Waals surface area contributed by atoms with Gasteiger partial charge in [-0.15, -0.1) is 0 Å². The SMILES string of the molecule is Cc1ccc(C=CNc2cc(N3CCOCC3)nc(CN=C(N)N(Cc3ccccc3)[N+](=O)[O-])n2)cc1. The molecule has 0 amide bonds. The van der Waals surface area contributed by atoms with E-state index in [2.05, 4.69) is 25.2 Å². The minimum absolute atomic E-state index is 0.00550. The summed E-state index contributed by atoms with van der Waals surface area (Å²) >= 11 is 0. The van der Waals surface area contributed by atoms with E-state index in [0.29, 0.717) is 37.9 Å². The van der Waals surface area contributed by atoms with Crippen molar-refractivity contribution in [2.75, 3.05) is 36.5 Å². The van der Waals surface area contributed by atoms with Gasteiger partial charge in [-0.2, -0.15) is 0 Å². The van der Waals surface area contributed by atoms with Gasteiger partial charge in [-0.25, -0.2) is 25.1 Å². The molecule has 11 heteroatoms. The minimum atomic E-state index is -0.570. The molecule has 1 saturated heterocycles. The van der Waals surface area contributed by atoms with Gasteiger partial charge >= 0.3 is 0 Å². The Morgan fingerprint density at radius 1 is 1.19 bits per heavy atom. The van der Waals surface area contributed by atoms with E-state index in [1.54, 1.807) is 12.1 Å². The molecule has 0 unspecified atom stereocenters. The summed E-state index contributed by atoms with van der Waals surface area (Å²) in [4.78, 5) is 27.2. The van der Waals surface area contributed by atoms with Gasteiger partial charge in [0.15, 0.2) is 10.9 Å². The van der Waals surface area contributed by atoms with Crippen molar-refractivity contribution >= 4 is 23.7 Å². The standard InChI is InChI=1S/C26H30N8O3/c1-20-7-9-21(10-8-20)11-12-28-23-17-25(32-13-15-37-16-14-32)31-24(30-23)18-29-26(27)33(34(35)36)19-22-5-3-2-4-6-22/h2-12,17H,13-16,18-19H2,1H3,(H2,27,29)(H,28,30,31). The molecule has 1 aliphatic heterocycles. The van der Waals surface area contributed by atoms with Crippen LogP contribution in [-0.2, 0) is 17.8 Å². The molecule has 3 N–H and O–H groups in total. The first-order valence-corrected chi connectivity index (χ1v) is 11.9. The van der Waals surface area contributed by atoms with Gasteiger partial charge in [0.25, 0.3) is 5.96 Å². The van der Waals surface area contributed by atoms with Crippen LogP contribution in [0.4, 0.5) is 11.6 Å². The van der Waals surface area contributed by atoms with Crippen molar-refractivity contribution in [2.24, 2.45) is 10.7 Å². The Bertz CT molecular complexity index is 1240. The number of nitrogens with zero attached hydrogens (tertiary/aromatic N) is 6. The molecular formula is C26H30N8O3. The van der Waals surface area contributed by atoms with Gasteiger partial charge in [0.2, 0.25) is 0 Å². The second-order valence-corrected chi connectivity index (χ2v) is 8.47. The molecule has 0 spiro atoms. The van der Waals surface area contributed by atoms with E-state index in [0.717, 1.165) is 22.0 Å². The van der Waals surface area contributed by atoms with Crippen molar-refractivity contribution in [2.45, 2.75) is 20.0 Å². The number of nitro groups is 1. The third-order valence-electron chi connectivity index (χ3n) is 5.70. The Labute approximate surface area is 215 Å². The predicted octanol–water partition coefficient (Wildman–Crippen LogP) is 3.21. The highest BCUT2D eigenvalue weighted by Gasteiger charge is 2.20. The summed E-state index contributed by atoms with van der Waals surface area (Å²) < 4.78 is 5.46. The fourth-order valence-corrected chi connectivity index (χ4v) is 3.70. The number of benzene rings is 2. The number of nitrogens with one attached hydrogen (secondary N) is 1. The molecule has 3 aromatic rings. The first-order valence-electron chi connectivity index (χ1n) is 11.9. The maximum atomic E-state index is 11.6. The highest BCUT2D eigenvalue weighted by atomic mass is 16.7. The number of aryl methyl sites for hydroxylation is 1. The van der Waals surface area contributed by atoms with E-state index in [-0.39, 0.29) is 19.0 Å². The normalized spacial score (nSPS) is 14.1. The van der Waals surface area contributed by atoms with Crippen LogP contribution < -0.4 is 16.0 Å². The molecule has 4 rings (SSSR count). The molecule has 0 saturated carbocycles. The lowest BCUT2D eigenvalue weighted by molar-refractivity contribution is -0.633. The van der Waals surface area contributed by atoms with Crippen molar-refractivity contribution < 1.29 is 9.77 Å². The van der Waals surface area contributed by atoms with Crippen LogP contribution in [-0.4, -0.2) is 52.3 Å². The lowest BCUT2D eigenvalue weighted by Crippen LogP contribution is -2.41. The Hall–Kier alpha value is -4.51. The Morgan fingerprint density at radius 3 is 2.62 bits per heavy atom. The quantitative estimate of drug-likeness (QED) is 0.196. The van der Waals surface area contributed by atoms with Crippen molar-refractivity contribution in [3.05, 3.63) is 99.5 Å². The monoisotopic (exact) mass is 502 g/mol. The summed E-state index contributed by atoms with van der Waals surface area (Å²) in [6.45, 7) is 4.64. The molecule has 192 valence electrons. The maximum absolute atomic E-state index is 11.6. The zero-order chi connectivity index (χ0) is 26.0. The van der Waals surface area contributed by atoms with Crippen LogP contribution in [0.5, 0.6) is 0 Å². The molecule has 1 aromatic heterocycles. The Kier molecular flexibility index (Phi) is 8.61. The number of hydrogen-bond donors (Lipinski definition) is 2.